The summed E-state index contributed by atoms with van der Waals surface area (Å²) >= 11 is 0. The molecule has 2 heterocycles. The fourth-order valence-electron chi connectivity index (χ4n) is 2.70. The van der Waals surface area contributed by atoms with Crippen molar-refractivity contribution in [3.8, 4) is 6.01 Å². The first-order valence-corrected chi connectivity index (χ1v) is 7.59. The van der Waals surface area contributed by atoms with Gasteiger partial charge in [-0.3, -0.25) is 0 Å². The predicted molar refractivity (Wildman–Crippen MR) is 84.0 cm³/mol. The molecule has 1 aromatic rings. The third-order valence-electron chi connectivity index (χ3n) is 3.73. The Balaban J connectivity index is 2.22. The van der Waals surface area contributed by atoms with Crippen molar-refractivity contribution < 1.29 is 4.74 Å². The maximum absolute atomic E-state index is 5.45. The van der Waals surface area contributed by atoms with E-state index >= 15 is 0 Å². The predicted octanol–water partition coefficient (Wildman–Crippen LogP) is 1.09. The second-order valence-electron chi connectivity index (χ2n) is 5.62. The smallest absolute Gasteiger partial charge is 0.323 e. The largest absolute Gasteiger partial charge is 0.464 e. The minimum Gasteiger partial charge on any atom is -0.464 e. The van der Waals surface area contributed by atoms with Crippen molar-refractivity contribution in [2.45, 2.75) is 26.8 Å². The molecule has 0 aliphatic carbocycles. The zero-order valence-electron chi connectivity index (χ0n) is 13.6. The Morgan fingerprint density at radius 2 is 2.00 bits per heavy atom. The van der Waals surface area contributed by atoms with Crippen LogP contribution in [0.4, 0.5) is 11.9 Å². The number of likely N-dealkylation sites (N-methyl/N-ethyl adjacent to an activating group) is 1. The highest BCUT2D eigenvalue weighted by molar-refractivity contribution is 5.40. The molecule has 1 saturated heterocycles. The molecule has 118 valence electrons. The van der Waals surface area contributed by atoms with Gasteiger partial charge in [0.25, 0.3) is 0 Å². The lowest BCUT2D eigenvalue weighted by Gasteiger charge is -2.22. The summed E-state index contributed by atoms with van der Waals surface area (Å²) in [7, 11) is 4.24. The first-order chi connectivity index (χ1) is 10.0. The number of anilines is 2. The van der Waals surface area contributed by atoms with Gasteiger partial charge in [-0.1, -0.05) is 6.92 Å². The van der Waals surface area contributed by atoms with E-state index in [2.05, 4.69) is 51.1 Å². The van der Waals surface area contributed by atoms with E-state index in [1.54, 1.807) is 0 Å². The molecular weight excluding hydrogens is 268 g/mol. The van der Waals surface area contributed by atoms with Crippen LogP contribution >= 0.6 is 0 Å². The number of ether oxygens (including phenoxy) is 1. The summed E-state index contributed by atoms with van der Waals surface area (Å²) in [6.07, 6.45) is 0. The molecule has 0 bridgehead atoms. The second-order valence-corrected chi connectivity index (χ2v) is 5.62. The summed E-state index contributed by atoms with van der Waals surface area (Å²) in [5.74, 6) is 1.85. The van der Waals surface area contributed by atoms with Gasteiger partial charge in [0.2, 0.25) is 11.9 Å². The molecule has 2 rings (SSSR count). The van der Waals surface area contributed by atoms with Gasteiger partial charge in [0.05, 0.1) is 6.61 Å². The van der Waals surface area contributed by atoms with Gasteiger partial charge >= 0.3 is 6.01 Å². The average molecular weight is 294 g/mol. The summed E-state index contributed by atoms with van der Waals surface area (Å²) in [4.78, 5) is 17.7. The van der Waals surface area contributed by atoms with Gasteiger partial charge in [0.15, 0.2) is 0 Å². The number of nitrogens with one attached hydrogen (secondary N) is 1. The van der Waals surface area contributed by atoms with E-state index < -0.39 is 0 Å². The maximum atomic E-state index is 5.45. The highest BCUT2D eigenvalue weighted by Gasteiger charge is 2.32. The summed E-state index contributed by atoms with van der Waals surface area (Å²) in [5.41, 5.74) is 0. The monoisotopic (exact) mass is 294 g/mol. The Morgan fingerprint density at radius 1 is 1.24 bits per heavy atom. The van der Waals surface area contributed by atoms with Crippen LogP contribution in [-0.2, 0) is 0 Å². The van der Waals surface area contributed by atoms with Gasteiger partial charge in [-0.15, -0.1) is 0 Å². The normalized spacial score (nSPS) is 21.9. The minimum absolute atomic E-state index is 0.388. The molecule has 1 aliphatic rings. The molecule has 0 radical (unpaired) electrons. The fraction of sp³-hybridized carbons (Fsp3) is 0.786. The van der Waals surface area contributed by atoms with Crippen LogP contribution in [0.15, 0.2) is 0 Å². The van der Waals surface area contributed by atoms with Crippen LogP contribution in [-0.4, -0.2) is 66.2 Å². The molecule has 1 aliphatic heterocycles. The van der Waals surface area contributed by atoms with Crippen molar-refractivity contribution in [2.24, 2.45) is 5.92 Å². The highest BCUT2D eigenvalue weighted by Crippen LogP contribution is 2.25. The molecule has 2 atom stereocenters. The quantitative estimate of drug-likeness (QED) is 0.842. The van der Waals surface area contributed by atoms with Crippen molar-refractivity contribution in [3.63, 3.8) is 0 Å². The Hall–Kier alpha value is -1.63. The fourth-order valence-corrected chi connectivity index (χ4v) is 2.70. The SMILES string of the molecule is CCNc1nc(OCC)nc(N2CC(C)C(N(C)C)C2)n1. The highest BCUT2D eigenvalue weighted by atomic mass is 16.5. The van der Waals surface area contributed by atoms with Crippen LogP contribution in [0.3, 0.4) is 0 Å². The van der Waals surface area contributed by atoms with E-state index in [1.807, 2.05) is 13.8 Å². The van der Waals surface area contributed by atoms with E-state index in [9.17, 15) is 0 Å². The zero-order chi connectivity index (χ0) is 15.4. The number of aromatic nitrogens is 3. The van der Waals surface area contributed by atoms with Crippen molar-refractivity contribution in [2.75, 3.05) is 50.6 Å². The molecule has 7 heteroatoms. The molecule has 0 amide bonds. The molecule has 7 nitrogen and oxygen atoms in total. The van der Waals surface area contributed by atoms with E-state index in [-0.39, 0.29) is 0 Å². The standard InChI is InChI=1S/C14H26N6O/c1-6-15-12-16-13(18-14(17-12)21-7-2)20-8-10(3)11(9-20)19(4)5/h10-11H,6-9H2,1-5H3,(H,15,16,17,18). The number of nitrogens with zero attached hydrogens (tertiary/aromatic N) is 5. The number of rotatable bonds is 6. The van der Waals surface area contributed by atoms with E-state index in [1.165, 1.54) is 0 Å². The maximum Gasteiger partial charge on any atom is 0.323 e. The third-order valence-corrected chi connectivity index (χ3v) is 3.73. The first kappa shape index (κ1) is 15.8. The van der Waals surface area contributed by atoms with Crippen LogP contribution < -0.4 is 15.0 Å². The molecule has 1 fully saturated rings. The molecular formula is C14H26N6O. The Morgan fingerprint density at radius 3 is 2.57 bits per heavy atom. The summed E-state index contributed by atoms with van der Waals surface area (Å²) in [5, 5.41) is 3.14. The van der Waals surface area contributed by atoms with Gasteiger partial charge in [-0.2, -0.15) is 15.0 Å². The van der Waals surface area contributed by atoms with Gasteiger partial charge in [0.1, 0.15) is 0 Å². The molecule has 0 aromatic carbocycles. The van der Waals surface area contributed by atoms with Gasteiger partial charge < -0.3 is 19.9 Å². The third kappa shape index (κ3) is 3.72. The molecule has 1 N–H and O–H groups in total. The topological polar surface area (TPSA) is 66.4 Å². The van der Waals surface area contributed by atoms with Gasteiger partial charge in [-0.25, -0.2) is 0 Å². The lowest BCUT2D eigenvalue weighted by molar-refractivity contribution is 0.266. The Bertz CT molecular complexity index is 443. The Kier molecular flexibility index (Phi) is 5.17. The molecule has 2 unspecified atom stereocenters. The number of hydrogen-bond donors (Lipinski definition) is 1. The second kappa shape index (κ2) is 6.89. The van der Waals surface area contributed by atoms with E-state index in [0.717, 1.165) is 19.6 Å². The van der Waals surface area contributed by atoms with Crippen LogP contribution in [0.1, 0.15) is 20.8 Å². The van der Waals surface area contributed by atoms with Crippen LogP contribution in [0, 0.1) is 5.92 Å². The van der Waals surface area contributed by atoms with Crippen molar-refractivity contribution in [1.29, 1.82) is 0 Å². The van der Waals surface area contributed by atoms with E-state index in [0.29, 0.717) is 36.5 Å². The van der Waals surface area contributed by atoms with Gasteiger partial charge in [-0.05, 0) is 33.9 Å². The van der Waals surface area contributed by atoms with Crippen LogP contribution in [0.5, 0.6) is 6.01 Å². The van der Waals surface area contributed by atoms with Gasteiger partial charge in [0, 0.05) is 25.7 Å². The summed E-state index contributed by atoms with van der Waals surface area (Å²) < 4.78 is 5.45. The zero-order valence-corrected chi connectivity index (χ0v) is 13.6. The Labute approximate surface area is 126 Å². The van der Waals surface area contributed by atoms with Crippen molar-refractivity contribution in [3.05, 3.63) is 0 Å². The molecule has 21 heavy (non-hydrogen) atoms. The van der Waals surface area contributed by atoms with Crippen LogP contribution in [0.2, 0.25) is 0 Å². The lowest BCUT2D eigenvalue weighted by atomic mass is 10.1. The lowest BCUT2D eigenvalue weighted by Crippen LogP contribution is -2.34. The summed E-state index contributed by atoms with van der Waals surface area (Å²) in [6, 6.07) is 0.902. The summed E-state index contributed by atoms with van der Waals surface area (Å²) in [6.45, 7) is 9.40. The van der Waals surface area contributed by atoms with E-state index in [4.69, 9.17) is 4.74 Å². The number of hydrogen-bond acceptors (Lipinski definition) is 7. The average Bonchev–Trinajstić information content (AvgIpc) is 2.81. The first-order valence-electron chi connectivity index (χ1n) is 7.59. The molecule has 0 saturated carbocycles. The minimum atomic E-state index is 0.388. The molecule has 1 aromatic heterocycles. The van der Waals surface area contributed by atoms with Crippen molar-refractivity contribution in [1.82, 2.24) is 19.9 Å². The van der Waals surface area contributed by atoms with Crippen molar-refractivity contribution >= 4 is 11.9 Å². The van der Waals surface area contributed by atoms with Crippen LogP contribution in [0.25, 0.3) is 0 Å². The molecule has 0 spiro atoms.